The number of piperidine rings is 1. The highest BCUT2D eigenvalue weighted by atomic mass is 32.2. The third-order valence-electron chi connectivity index (χ3n) is 7.20. The molecule has 0 spiro atoms. The number of nitrogens with one attached hydrogen (secondary N) is 2. The number of benzene rings is 1. The molecule has 1 aromatic carbocycles. The lowest BCUT2D eigenvalue weighted by atomic mass is 9.96. The molecule has 11 heteroatoms. The molecule has 0 aliphatic carbocycles. The number of carbonyl (C=O) groups is 2. The van der Waals surface area contributed by atoms with Crippen molar-refractivity contribution in [3.63, 3.8) is 0 Å². The van der Waals surface area contributed by atoms with E-state index in [1.54, 1.807) is 11.6 Å². The van der Waals surface area contributed by atoms with Crippen molar-refractivity contribution in [1.29, 1.82) is 0 Å². The monoisotopic (exact) mass is 530 g/mol. The average Bonchev–Trinajstić information content (AvgIpc) is 3.32. The lowest BCUT2D eigenvalue weighted by molar-refractivity contribution is -0.127. The molecule has 10 nitrogen and oxygen atoms in total. The Balaban J connectivity index is 1.31. The summed E-state index contributed by atoms with van der Waals surface area (Å²) in [6.07, 6.45) is 6.41. The van der Waals surface area contributed by atoms with Gasteiger partial charge in [-0.25, -0.2) is 13.4 Å². The van der Waals surface area contributed by atoms with Crippen molar-refractivity contribution in [2.45, 2.75) is 56.1 Å². The van der Waals surface area contributed by atoms with E-state index in [2.05, 4.69) is 44.8 Å². The van der Waals surface area contributed by atoms with Gasteiger partial charge in [0.15, 0.2) is 5.03 Å². The fraction of sp³-hybridized carbons (Fsp3) is 0.577. The second-order valence-corrected chi connectivity index (χ2v) is 11.9. The van der Waals surface area contributed by atoms with Crippen molar-refractivity contribution in [2.75, 3.05) is 32.7 Å². The van der Waals surface area contributed by atoms with Crippen LogP contribution in [0.4, 0.5) is 0 Å². The predicted molar refractivity (Wildman–Crippen MR) is 140 cm³/mol. The van der Waals surface area contributed by atoms with E-state index in [9.17, 15) is 18.0 Å². The molecule has 37 heavy (non-hydrogen) atoms. The maximum atomic E-state index is 13.2. The normalized spacial score (nSPS) is 21.6. The van der Waals surface area contributed by atoms with E-state index in [0.717, 1.165) is 32.5 Å². The second kappa shape index (κ2) is 12.7. The molecule has 202 valence electrons. The molecule has 0 saturated carbocycles. The zero-order valence-corrected chi connectivity index (χ0v) is 22.3. The first-order valence-electron chi connectivity index (χ1n) is 13.1. The standard InChI is InChI=1S/C26H38N6O4S/c1-30-19-25(28-20-30)37(35,36)32-14-5-8-22(9-13-27-24(33)12-17-32)26(34)29-23-10-15-31(16-11-23)18-21-6-3-2-4-7-21/h2-4,6-7,19-20,22-23H,5,8-18H2,1H3,(H,27,33)(H,29,34). The quantitative estimate of drug-likeness (QED) is 0.585. The van der Waals surface area contributed by atoms with Crippen LogP contribution in [0.2, 0.25) is 0 Å². The Bertz CT molecular complexity index is 1140. The predicted octanol–water partition coefficient (Wildman–Crippen LogP) is 1.50. The van der Waals surface area contributed by atoms with E-state index < -0.39 is 10.0 Å². The molecule has 2 saturated heterocycles. The number of amides is 2. The molecule has 2 aromatic rings. The zero-order chi connectivity index (χ0) is 26.3. The fourth-order valence-corrected chi connectivity index (χ4v) is 6.47. The van der Waals surface area contributed by atoms with Gasteiger partial charge in [0.25, 0.3) is 10.0 Å². The SMILES string of the molecule is Cn1cnc(S(=O)(=O)N2CCCC(C(=O)NC3CCN(Cc4ccccc4)CC3)CCNC(=O)CC2)c1. The molecule has 2 N–H and O–H groups in total. The van der Waals surface area contributed by atoms with Crippen LogP contribution in [0.15, 0.2) is 47.9 Å². The summed E-state index contributed by atoms with van der Waals surface area (Å²) in [5.74, 6) is -0.498. The summed E-state index contributed by atoms with van der Waals surface area (Å²) in [7, 11) is -2.11. The Morgan fingerprint density at radius 1 is 1.08 bits per heavy atom. The van der Waals surface area contributed by atoms with Gasteiger partial charge in [-0.05, 0) is 37.7 Å². The molecule has 4 rings (SSSR count). The van der Waals surface area contributed by atoms with E-state index in [1.807, 2.05) is 6.07 Å². The molecule has 1 atom stereocenters. The van der Waals surface area contributed by atoms with Gasteiger partial charge in [0.1, 0.15) is 0 Å². The summed E-state index contributed by atoms with van der Waals surface area (Å²) in [5.41, 5.74) is 1.29. The minimum absolute atomic E-state index is 0.00543. The van der Waals surface area contributed by atoms with Crippen molar-refractivity contribution < 1.29 is 18.0 Å². The van der Waals surface area contributed by atoms with Crippen LogP contribution < -0.4 is 10.6 Å². The minimum Gasteiger partial charge on any atom is -0.356 e. The number of rotatable bonds is 6. The van der Waals surface area contributed by atoms with Gasteiger partial charge >= 0.3 is 0 Å². The van der Waals surface area contributed by atoms with Crippen molar-refractivity contribution in [3.8, 4) is 0 Å². The van der Waals surface area contributed by atoms with E-state index in [1.165, 1.54) is 22.4 Å². The van der Waals surface area contributed by atoms with Crippen LogP contribution in [-0.4, -0.2) is 77.8 Å². The van der Waals surface area contributed by atoms with Gasteiger partial charge in [-0.1, -0.05) is 30.3 Å². The van der Waals surface area contributed by atoms with Crippen LogP contribution >= 0.6 is 0 Å². The Labute approximate surface area is 219 Å². The first-order valence-corrected chi connectivity index (χ1v) is 14.6. The third-order valence-corrected chi connectivity index (χ3v) is 8.99. The Morgan fingerprint density at radius 3 is 2.54 bits per heavy atom. The summed E-state index contributed by atoms with van der Waals surface area (Å²) >= 11 is 0. The molecule has 1 aromatic heterocycles. The number of aromatic nitrogens is 2. The number of hydrogen-bond donors (Lipinski definition) is 2. The molecule has 0 radical (unpaired) electrons. The molecular formula is C26H38N6O4S. The topological polar surface area (TPSA) is 117 Å². The first-order chi connectivity index (χ1) is 17.8. The number of sulfonamides is 1. The van der Waals surface area contributed by atoms with Crippen LogP contribution in [-0.2, 0) is 33.2 Å². The lowest BCUT2D eigenvalue weighted by Gasteiger charge is -2.33. The molecule has 2 fully saturated rings. The van der Waals surface area contributed by atoms with E-state index in [0.29, 0.717) is 25.8 Å². The lowest BCUT2D eigenvalue weighted by Crippen LogP contribution is -2.46. The minimum atomic E-state index is -3.82. The Hall–Kier alpha value is -2.76. The summed E-state index contributed by atoms with van der Waals surface area (Å²) in [5, 5.41) is 6.05. The maximum absolute atomic E-state index is 13.2. The van der Waals surface area contributed by atoms with Crippen LogP contribution in [0.25, 0.3) is 0 Å². The smallest absolute Gasteiger partial charge is 0.262 e. The van der Waals surface area contributed by atoms with E-state index in [-0.39, 0.29) is 48.3 Å². The average molecular weight is 531 g/mol. The van der Waals surface area contributed by atoms with Crippen LogP contribution in [0.3, 0.4) is 0 Å². The third kappa shape index (κ3) is 7.62. The molecule has 0 bridgehead atoms. The van der Waals surface area contributed by atoms with Crippen LogP contribution in [0.1, 0.15) is 44.1 Å². The second-order valence-electron chi connectivity index (χ2n) is 10.1. The fourth-order valence-electron chi connectivity index (χ4n) is 5.02. The largest absolute Gasteiger partial charge is 0.356 e. The van der Waals surface area contributed by atoms with E-state index in [4.69, 9.17) is 0 Å². The Morgan fingerprint density at radius 2 is 1.84 bits per heavy atom. The van der Waals surface area contributed by atoms with Gasteiger partial charge < -0.3 is 15.2 Å². The van der Waals surface area contributed by atoms with Gasteiger partial charge in [-0.15, -0.1) is 0 Å². The number of nitrogens with zero attached hydrogens (tertiary/aromatic N) is 4. The highest BCUT2D eigenvalue weighted by Gasteiger charge is 2.29. The first kappa shape index (κ1) is 27.3. The molecular weight excluding hydrogens is 492 g/mol. The van der Waals surface area contributed by atoms with Gasteiger partial charge in [0, 0.05) is 70.9 Å². The highest BCUT2D eigenvalue weighted by Crippen LogP contribution is 2.20. The van der Waals surface area contributed by atoms with Crippen LogP contribution in [0.5, 0.6) is 0 Å². The molecule has 2 aliphatic rings. The molecule has 1 unspecified atom stereocenters. The summed E-state index contributed by atoms with van der Waals surface area (Å²) in [4.78, 5) is 31.9. The summed E-state index contributed by atoms with van der Waals surface area (Å²) in [6, 6.07) is 10.5. The zero-order valence-electron chi connectivity index (χ0n) is 21.5. The number of aryl methyl sites for hydroxylation is 1. The van der Waals surface area contributed by atoms with Gasteiger partial charge in [-0.3, -0.25) is 14.5 Å². The molecule has 3 heterocycles. The van der Waals surface area contributed by atoms with Crippen LogP contribution in [0, 0.1) is 5.92 Å². The van der Waals surface area contributed by atoms with Crippen molar-refractivity contribution in [1.82, 2.24) is 29.4 Å². The van der Waals surface area contributed by atoms with Crippen molar-refractivity contribution in [3.05, 3.63) is 48.4 Å². The van der Waals surface area contributed by atoms with Gasteiger partial charge in [0.05, 0.1) is 6.33 Å². The molecule has 2 aliphatic heterocycles. The summed E-state index contributed by atoms with van der Waals surface area (Å²) < 4.78 is 29.1. The maximum Gasteiger partial charge on any atom is 0.262 e. The molecule has 2 amide bonds. The number of likely N-dealkylation sites (tertiary alicyclic amines) is 1. The highest BCUT2D eigenvalue weighted by molar-refractivity contribution is 7.89. The Kier molecular flexibility index (Phi) is 9.33. The van der Waals surface area contributed by atoms with Gasteiger partial charge in [0.2, 0.25) is 11.8 Å². The van der Waals surface area contributed by atoms with Gasteiger partial charge in [-0.2, -0.15) is 4.31 Å². The van der Waals surface area contributed by atoms with Crippen molar-refractivity contribution >= 4 is 21.8 Å². The number of carbonyl (C=O) groups excluding carboxylic acids is 2. The number of hydrogen-bond acceptors (Lipinski definition) is 6. The van der Waals surface area contributed by atoms with Crippen molar-refractivity contribution in [2.24, 2.45) is 13.0 Å². The van der Waals surface area contributed by atoms with E-state index >= 15 is 0 Å². The summed E-state index contributed by atoms with van der Waals surface area (Å²) in [6.45, 7) is 3.51. The number of imidazole rings is 1.